The maximum Gasteiger partial charge on any atom is 0.223 e. The maximum atomic E-state index is 6.32. The van der Waals surface area contributed by atoms with E-state index in [4.69, 9.17) is 16.3 Å². The average Bonchev–Trinajstić information content (AvgIpc) is 3.01. The Morgan fingerprint density at radius 1 is 1.24 bits per heavy atom. The molecule has 3 rings (SSSR count). The summed E-state index contributed by atoms with van der Waals surface area (Å²) in [7, 11) is 0. The van der Waals surface area contributed by atoms with Crippen molar-refractivity contribution in [2.24, 2.45) is 0 Å². The quantitative estimate of drug-likeness (QED) is 0.547. The second-order valence-corrected chi connectivity index (χ2v) is 7.54. The number of nitrogens with zero attached hydrogens (tertiary/aromatic N) is 2. The van der Waals surface area contributed by atoms with Gasteiger partial charge in [0.25, 0.3) is 0 Å². The van der Waals surface area contributed by atoms with Gasteiger partial charge >= 0.3 is 0 Å². The zero-order chi connectivity index (χ0) is 17.8. The van der Waals surface area contributed by atoms with Crippen LogP contribution in [-0.4, -0.2) is 23.7 Å². The fraction of sp³-hybridized carbons (Fsp3) is 0.571. The van der Waals surface area contributed by atoms with Crippen LogP contribution in [0.4, 0.5) is 5.69 Å². The molecule has 1 aromatic heterocycles. The van der Waals surface area contributed by atoms with Gasteiger partial charge < -0.3 is 9.64 Å². The highest BCUT2D eigenvalue weighted by Crippen LogP contribution is 2.34. The van der Waals surface area contributed by atoms with Gasteiger partial charge in [0, 0.05) is 23.7 Å². The molecule has 0 radical (unpaired) electrons. The number of ether oxygens (including phenoxy) is 1. The first kappa shape index (κ1) is 18.3. The third kappa shape index (κ3) is 4.20. The molecule has 4 heteroatoms. The van der Waals surface area contributed by atoms with Crippen LogP contribution in [0.25, 0.3) is 10.8 Å². The second kappa shape index (κ2) is 8.27. The third-order valence-electron chi connectivity index (χ3n) is 5.13. The first-order valence-corrected chi connectivity index (χ1v) is 10.0. The van der Waals surface area contributed by atoms with E-state index in [9.17, 15) is 0 Å². The van der Waals surface area contributed by atoms with E-state index < -0.39 is 0 Å². The van der Waals surface area contributed by atoms with Crippen LogP contribution >= 0.6 is 11.6 Å². The summed E-state index contributed by atoms with van der Waals surface area (Å²) in [6, 6.07) is 9.08. The van der Waals surface area contributed by atoms with Gasteiger partial charge in [-0.05, 0) is 56.2 Å². The van der Waals surface area contributed by atoms with Crippen LogP contribution in [0.5, 0.6) is 5.88 Å². The number of hydrogen-bond donors (Lipinski definition) is 0. The normalized spacial score (nSPS) is 17.6. The Morgan fingerprint density at radius 3 is 2.64 bits per heavy atom. The number of fused-ring (bicyclic) bond motifs is 1. The molecular weight excluding hydrogens is 332 g/mol. The van der Waals surface area contributed by atoms with Gasteiger partial charge in [0.15, 0.2) is 0 Å². The number of pyridine rings is 1. The standard InChI is InChI=1S/C21H29ClN2O/c1-4-7-18(8-5-2)25-21-19-14-17(24-12-6-9-15(24)3)11-10-16(19)13-20(22)23-21/h10-11,13-15,18H,4-9,12H2,1-3H3/t15-/m1/s1. The van der Waals surface area contributed by atoms with Crippen LogP contribution in [0.1, 0.15) is 59.3 Å². The molecule has 1 saturated heterocycles. The lowest BCUT2D eigenvalue weighted by Gasteiger charge is -2.25. The van der Waals surface area contributed by atoms with Crippen molar-refractivity contribution in [1.29, 1.82) is 0 Å². The Bertz CT molecular complexity index is 712. The Hall–Kier alpha value is -1.48. The summed E-state index contributed by atoms with van der Waals surface area (Å²) in [6.07, 6.45) is 7.04. The number of hydrogen-bond acceptors (Lipinski definition) is 3. The Kier molecular flexibility index (Phi) is 6.06. The van der Waals surface area contributed by atoms with Crippen LogP contribution in [0.2, 0.25) is 5.15 Å². The molecule has 0 bridgehead atoms. The van der Waals surface area contributed by atoms with Gasteiger partial charge in [-0.15, -0.1) is 0 Å². The Labute approximate surface area is 156 Å². The molecule has 3 nitrogen and oxygen atoms in total. The molecule has 2 heterocycles. The fourth-order valence-electron chi connectivity index (χ4n) is 3.82. The molecule has 0 aliphatic carbocycles. The highest BCUT2D eigenvalue weighted by Gasteiger charge is 2.21. The molecule has 1 fully saturated rings. The van der Waals surface area contributed by atoms with Crippen molar-refractivity contribution in [3.63, 3.8) is 0 Å². The van der Waals surface area contributed by atoms with Crippen molar-refractivity contribution >= 4 is 28.1 Å². The zero-order valence-electron chi connectivity index (χ0n) is 15.6. The fourth-order valence-corrected chi connectivity index (χ4v) is 4.02. The summed E-state index contributed by atoms with van der Waals surface area (Å²) in [6.45, 7) is 7.82. The number of benzene rings is 1. The lowest BCUT2D eigenvalue weighted by atomic mass is 10.1. The minimum atomic E-state index is 0.207. The van der Waals surface area contributed by atoms with Gasteiger partial charge in [-0.2, -0.15) is 0 Å². The van der Waals surface area contributed by atoms with E-state index in [1.54, 1.807) is 0 Å². The minimum Gasteiger partial charge on any atom is -0.474 e. The molecule has 0 spiro atoms. The topological polar surface area (TPSA) is 25.4 Å². The van der Waals surface area contributed by atoms with Crippen LogP contribution in [-0.2, 0) is 0 Å². The number of aromatic nitrogens is 1. The van der Waals surface area contributed by atoms with Crippen molar-refractivity contribution in [3.8, 4) is 5.88 Å². The zero-order valence-corrected chi connectivity index (χ0v) is 16.4. The van der Waals surface area contributed by atoms with Gasteiger partial charge in [-0.3, -0.25) is 0 Å². The van der Waals surface area contributed by atoms with Crippen molar-refractivity contribution in [3.05, 3.63) is 29.4 Å². The van der Waals surface area contributed by atoms with E-state index in [-0.39, 0.29) is 6.10 Å². The van der Waals surface area contributed by atoms with E-state index in [0.29, 0.717) is 17.1 Å². The largest absolute Gasteiger partial charge is 0.474 e. The summed E-state index contributed by atoms with van der Waals surface area (Å²) in [5.41, 5.74) is 1.26. The van der Waals surface area contributed by atoms with Crippen molar-refractivity contribution in [1.82, 2.24) is 4.98 Å². The first-order chi connectivity index (χ1) is 12.1. The van der Waals surface area contributed by atoms with Gasteiger partial charge in [0.05, 0.1) is 0 Å². The van der Waals surface area contributed by atoms with Crippen molar-refractivity contribution < 1.29 is 4.74 Å². The monoisotopic (exact) mass is 360 g/mol. The molecule has 0 N–H and O–H groups in total. The molecule has 1 atom stereocenters. The molecule has 1 aliphatic rings. The van der Waals surface area contributed by atoms with Gasteiger partial charge in [0.2, 0.25) is 5.88 Å². The first-order valence-electron chi connectivity index (χ1n) is 9.66. The average molecular weight is 361 g/mol. The predicted molar refractivity (Wildman–Crippen MR) is 107 cm³/mol. The summed E-state index contributed by atoms with van der Waals surface area (Å²) in [4.78, 5) is 7.00. The molecule has 1 aromatic carbocycles. The van der Waals surface area contributed by atoms with Crippen LogP contribution in [0.3, 0.4) is 0 Å². The minimum absolute atomic E-state index is 0.207. The number of halogens is 1. The Balaban J connectivity index is 1.97. The SMILES string of the molecule is CCCC(CCC)Oc1nc(Cl)cc2ccc(N3CCC[C@H]3C)cc12. The molecule has 25 heavy (non-hydrogen) atoms. The summed E-state index contributed by atoms with van der Waals surface area (Å²) in [5, 5.41) is 2.66. The molecule has 136 valence electrons. The highest BCUT2D eigenvalue weighted by atomic mass is 35.5. The summed E-state index contributed by atoms with van der Waals surface area (Å²) < 4.78 is 6.32. The molecule has 2 aromatic rings. The molecule has 0 saturated carbocycles. The third-order valence-corrected chi connectivity index (χ3v) is 5.33. The summed E-state index contributed by atoms with van der Waals surface area (Å²) in [5.74, 6) is 0.683. The maximum absolute atomic E-state index is 6.32. The molecule has 0 amide bonds. The van der Waals surface area contributed by atoms with Crippen molar-refractivity contribution in [2.75, 3.05) is 11.4 Å². The van der Waals surface area contributed by atoms with Crippen molar-refractivity contribution in [2.45, 2.75) is 71.4 Å². The van der Waals surface area contributed by atoms with Crippen LogP contribution < -0.4 is 9.64 Å². The van der Waals surface area contributed by atoms with Gasteiger partial charge in [-0.25, -0.2) is 4.98 Å². The smallest absolute Gasteiger partial charge is 0.223 e. The lowest BCUT2D eigenvalue weighted by molar-refractivity contribution is 0.174. The van der Waals surface area contributed by atoms with E-state index in [2.05, 4.69) is 48.9 Å². The van der Waals surface area contributed by atoms with E-state index in [1.807, 2.05) is 6.07 Å². The lowest BCUT2D eigenvalue weighted by Crippen LogP contribution is -2.26. The Morgan fingerprint density at radius 2 is 2.00 bits per heavy atom. The molecular formula is C21H29ClN2O. The van der Waals surface area contributed by atoms with Gasteiger partial charge in [0.1, 0.15) is 11.3 Å². The van der Waals surface area contributed by atoms with E-state index in [1.165, 1.54) is 18.5 Å². The number of rotatable bonds is 7. The molecule has 1 aliphatic heterocycles. The highest BCUT2D eigenvalue weighted by molar-refractivity contribution is 6.30. The predicted octanol–water partition coefficient (Wildman–Crippen LogP) is 6.22. The molecule has 0 unspecified atom stereocenters. The van der Waals surface area contributed by atoms with E-state index in [0.717, 1.165) is 43.0 Å². The number of anilines is 1. The van der Waals surface area contributed by atoms with Crippen LogP contribution in [0.15, 0.2) is 24.3 Å². The van der Waals surface area contributed by atoms with Crippen LogP contribution in [0, 0.1) is 0 Å². The summed E-state index contributed by atoms with van der Waals surface area (Å²) >= 11 is 6.25. The second-order valence-electron chi connectivity index (χ2n) is 7.16. The van der Waals surface area contributed by atoms with Gasteiger partial charge in [-0.1, -0.05) is 44.4 Å². The van der Waals surface area contributed by atoms with E-state index >= 15 is 0 Å².